The standard InChI is InChI=1S/C13H14ClFN2O/c1-2-6-17-13(11-3-4-12(14)18-11)9-5-7-16-8-10(9)15/h3-5,7-8,13,17H,2,6H2,1H3. The SMILES string of the molecule is CCCNC(c1ccc(Cl)o1)c1ccncc1F. The Morgan fingerprint density at radius 1 is 1.44 bits per heavy atom. The number of hydrogen-bond acceptors (Lipinski definition) is 3. The number of aromatic nitrogens is 1. The normalized spacial score (nSPS) is 12.6. The monoisotopic (exact) mass is 268 g/mol. The third-order valence-electron chi connectivity index (χ3n) is 2.59. The maximum absolute atomic E-state index is 13.8. The van der Waals surface area contributed by atoms with Gasteiger partial charge in [0.25, 0.3) is 0 Å². The van der Waals surface area contributed by atoms with E-state index in [0.29, 0.717) is 16.5 Å². The van der Waals surface area contributed by atoms with Crippen LogP contribution >= 0.6 is 11.6 Å². The van der Waals surface area contributed by atoms with Crippen LogP contribution in [0.1, 0.15) is 30.7 Å². The summed E-state index contributed by atoms with van der Waals surface area (Å²) in [5.74, 6) is 0.233. The van der Waals surface area contributed by atoms with E-state index in [1.807, 2.05) is 6.92 Å². The molecular formula is C13H14ClFN2O. The van der Waals surface area contributed by atoms with Crippen molar-refractivity contribution in [3.8, 4) is 0 Å². The largest absolute Gasteiger partial charge is 0.448 e. The molecule has 1 unspecified atom stereocenters. The topological polar surface area (TPSA) is 38.1 Å². The van der Waals surface area contributed by atoms with Crippen LogP contribution in [0.25, 0.3) is 0 Å². The fourth-order valence-corrected chi connectivity index (χ4v) is 1.91. The molecule has 0 aromatic carbocycles. The van der Waals surface area contributed by atoms with Gasteiger partial charge in [0, 0.05) is 11.8 Å². The highest BCUT2D eigenvalue weighted by Gasteiger charge is 2.20. The Hall–Kier alpha value is -1.39. The maximum atomic E-state index is 13.8. The molecule has 0 amide bonds. The zero-order valence-corrected chi connectivity index (χ0v) is 10.7. The predicted octanol–water partition coefficient (Wildman–Crippen LogP) is 3.56. The van der Waals surface area contributed by atoms with Gasteiger partial charge in [0.1, 0.15) is 11.6 Å². The van der Waals surface area contributed by atoms with Gasteiger partial charge in [-0.25, -0.2) is 4.39 Å². The quantitative estimate of drug-likeness (QED) is 0.901. The zero-order chi connectivity index (χ0) is 13.0. The number of hydrogen-bond donors (Lipinski definition) is 1. The second kappa shape index (κ2) is 5.98. The first kappa shape index (κ1) is 13.1. The van der Waals surface area contributed by atoms with Crippen LogP contribution in [0.15, 0.2) is 35.0 Å². The van der Waals surface area contributed by atoms with Crippen molar-refractivity contribution < 1.29 is 8.81 Å². The summed E-state index contributed by atoms with van der Waals surface area (Å²) in [6.45, 7) is 2.80. The van der Waals surface area contributed by atoms with Crippen LogP contribution in [-0.2, 0) is 0 Å². The molecule has 0 saturated heterocycles. The van der Waals surface area contributed by atoms with E-state index >= 15 is 0 Å². The highest BCUT2D eigenvalue weighted by Crippen LogP contribution is 2.27. The molecule has 0 spiro atoms. The Kier molecular flexibility index (Phi) is 4.33. The van der Waals surface area contributed by atoms with Crippen LogP contribution in [0.4, 0.5) is 4.39 Å². The Balaban J connectivity index is 2.33. The number of halogens is 2. The molecule has 5 heteroatoms. The highest BCUT2D eigenvalue weighted by atomic mass is 35.5. The van der Waals surface area contributed by atoms with Gasteiger partial charge in [-0.1, -0.05) is 6.92 Å². The molecule has 2 aromatic heterocycles. The fourth-order valence-electron chi connectivity index (χ4n) is 1.76. The first-order valence-electron chi connectivity index (χ1n) is 5.80. The van der Waals surface area contributed by atoms with E-state index in [4.69, 9.17) is 16.0 Å². The van der Waals surface area contributed by atoms with Crippen molar-refractivity contribution in [3.63, 3.8) is 0 Å². The average molecular weight is 269 g/mol. The molecule has 0 aliphatic rings. The number of nitrogens with one attached hydrogen (secondary N) is 1. The second-order valence-electron chi connectivity index (χ2n) is 3.93. The summed E-state index contributed by atoms with van der Waals surface area (Å²) >= 11 is 5.77. The molecule has 1 atom stereocenters. The van der Waals surface area contributed by atoms with Crippen LogP contribution in [0.2, 0.25) is 5.22 Å². The van der Waals surface area contributed by atoms with E-state index in [1.54, 1.807) is 24.4 Å². The lowest BCUT2D eigenvalue weighted by molar-refractivity contribution is 0.436. The minimum atomic E-state index is -0.362. The molecule has 0 radical (unpaired) electrons. The van der Waals surface area contributed by atoms with Crippen molar-refractivity contribution in [1.82, 2.24) is 10.3 Å². The summed E-state index contributed by atoms with van der Waals surface area (Å²) in [5.41, 5.74) is 0.504. The third kappa shape index (κ3) is 2.89. The van der Waals surface area contributed by atoms with Crippen molar-refractivity contribution >= 4 is 11.6 Å². The fraction of sp³-hybridized carbons (Fsp3) is 0.308. The van der Waals surface area contributed by atoms with Gasteiger partial charge in [-0.15, -0.1) is 0 Å². The van der Waals surface area contributed by atoms with Gasteiger partial charge in [0.15, 0.2) is 5.22 Å². The summed E-state index contributed by atoms with van der Waals surface area (Å²) in [5, 5.41) is 3.53. The lowest BCUT2D eigenvalue weighted by Crippen LogP contribution is -2.23. The van der Waals surface area contributed by atoms with Crippen LogP contribution in [0.5, 0.6) is 0 Å². The molecule has 2 aromatic rings. The van der Waals surface area contributed by atoms with Gasteiger partial charge in [-0.2, -0.15) is 0 Å². The molecule has 3 nitrogen and oxygen atoms in total. The van der Waals surface area contributed by atoms with E-state index in [2.05, 4.69) is 10.3 Å². The van der Waals surface area contributed by atoms with Gasteiger partial charge in [0.2, 0.25) is 0 Å². The molecule has 2 heterocycles. The molecule has 96 valence electrons. The molecule has 18 heavy (non-hydrogen) atoms. The molecule has 1 N–H and O–H groups in total. The summed E-state index contributed by atoms with van der Waals surface area (Å²) in [4.78, 5) is 3.75. The second-order valence-corrected chi connectivity index (χ2v) is 4.30. The van der Waals surface area contributed by atoms with E-state index in [-0.39, 0.29) is 11.9 Å². The molecule has 0 aliphatic heterocycles. The number of furan rings is 1. The first-order valence-corrected chi connectivity index (χ1v) is 6.18. The van der Waals surface area contributed by atoms with Crippen molar-refractivity contribution in [2.45, 2.75) is 19.4 Å². The number of pyridine rings is 1. The predicted molar refractivity (Wildman–Crippen MR) is 68.0 cm³/mol. The van der Waals surface area contributed by atoms with Gasteiger partial charge in [-0.3, -0.25) is 4.98 Å². The molecule has 0 bridgehead atoms. The lowest BCUT2D eigenvalue weighted by Gasteiger charge is -2.17. The average Bonchev–Trinajstić information content (AvgIpc) is 2.78. The molecule has 0 saturated carbocycles. The summed E-state index contributed by atoms with van der Waals surface area (Å²) < 4.78 is 19.2. The maximum Gasteiger partial charge on any atom is 0.193 e. The molecule has 0 fully saturated rings. The summed E-state index contributed by atoms with van der Waals surface area (Å²) in [6.07, 6.45) is 3.70. The van der Waals surface area contributed by atoms with E-state index in [1.165, 1.54) is 6.20 Å². The van der Waals surface area contributed by atoms with Gasteiger partial charge >= 0.3 is 0 Å². The summed E-state index contributed by atoms with van der Waals surface area (Å²) in [6, 6.07) is 4.69. The summed E-state index contributed by atoms with van der Waals surface area (Å²) in [7, 11) is 0. The van der Waals surface area contributed by atoms with Crippen molar-refractivity contribution in [3.05, 3.63) is 53.0 Å². The molecule has 0 aliphatic carbocycles. The van der Waals surface area contributed by atoms with E-state index in [9.17, 15) is 4.39 Å². The smallest absolute Gasteiger partial charge is 0.193 e. The Bertz CT molecular complexity index is 515. The van der Waals surface area contributed by atoms with Crippen LogP contribution in [0.3, 0.4) is 0 Å². The number of rotatable bonds is 5. The van der Waals surface area contributed by atoms with Crippen LogP contribution in [0, 0.1) is 5.82 Å². The van der Waals surface area contributed by atoms with E-state index in [0.717, 1.165) is 13.0 Å². The van der Waals surface area contributed by atoms with Crippen LogP contribution < -0.4 is 5.32 Å². The van der Waals surface area contributed by atoms with Gasteiger partial charge < -0.3 is 9.73 Å². The molecule has 2 rings (SSSR count). The molecular weight excluding hydrogens is 255 g/mol. The van der Waals surface area contributed by atoms with Crippen molar-refractivity contribution in [2.24, 2.45) is 0 Å². The minimum absolute atomic E-state index is 0.294. The third-order valence-corrected chi connectivity index (χ3v) is 2.79. The minimum Gasteiger partial charge on any atom is -0.448 e. The van der Waals surface area contributed by atoms with Gasteiger partial charge in [0.05, 0.1) is 12.2 Å². The Labute approximate surface area is 110 Å². The Morgan fingerprint density at radius 2 is 2.28 bits per heavy atom. The highest BCUT2D eigenvalue weighted by molar-refractivity contribution is 6.28. The van der Waals surface area contributed by atoms with Crippen molar-refractivity contribution in [2.75, 3.05) is 6.54 Å². The lowest BCUT2D eigenvalue weighted by atomic mass is 10.1. The van der Waals surface area contributed by atoms with Crippen LogP contribution in [-0.4, -0.2) is 11.5 Å². The zero-order valence-electron chi connectivity index (χ0n) is 9.99. The Morgan fingerprint density at radius 3 is 2.89 bits per heavy atom. The number of nitrogens with zero attached hydrogens (tertiary/aromatic N) is 1. The first-order chi connectivity index (χ1) is 8.72. The van der Waals surface area contributed by atoms with Crippen molar-refractivity contribution in [1.29, 1.82) is 0 Å². The van der Waals surface area contributed by atoms with E-state index < -0.39 is 0 Å². The van der Waals surface area contributed by atoms with Gasteiger partial charge in [-0.05, 0) is 42.8 Å².